The first-order valence-corrected chi connectivity index (χ1v) is 16.6. The third kappa shape index (κ3) is 5.23. The van der Waals surface area contributed by atoms with Gasteiger partial charge < -0.3 is 14.5 Å². The molecule has 6 heteroatoms. The monoisotopic (exact) mass is 632 g/mol. The van der Waals surface area contributed by atoms with E-state index in [2.05, 4.69) is 133 Å². The molecule has 0 unspecified atom stereocenters. The standard InChI is InChI=1S/C42H37FN4O/c1-27(2)29-19-20-44-42(23-29)47-38-10-6-5-9-36(38)37-18-17-34(25-41(37)47)48-35-22-30(28(3)4)21-33(24-35)46-26-45(32-15-13-31(43)14-16-32)39-11-7-8-12-40(39)46/h5-25,27-28H,26H2,1-4H3. The summed E-state index contributed by atoms with van der Waals surface area (Å²) in [5.74, 6) is 2.87. The Balaban J connectivity index is 1.20. The summed E-state index contributed by atoms with van der Waals surface area (Å²) >= 11 is 0. The molecule has 1 aliphatic rings. The second-order valence-corrected chi connectivity index (χ2v) is 13.1. The number of hydrogen-bond acceptors (Lipinski definition) is 4. The van der Waals surface area contributed by atoms with Gasteiger partial charge in [0, 0.05) is 40.5 Å². The van der Waals surface area contributed by atoms with Crippen LogP contribution in [0.1, 0.15) is 50.7 Å². The molecule has 0 aliphatic carbocycles. The van der Waals surface area contributed by atoms with E-state index in [1.54, 1.807) is 0 Å². The van der Waals surface area contributed by atoms with Crippen molar-refractivity contribution in [3.63, 3.8) is 0 Å². The van der Waals surface area contributed by atoms with Crippen molar-refractivity contribution in [2.45, 2.75) is 39.5 Å². The molecule has 0 saturated heterocycles. The molecule has 0 atom stereocenters. The molecule has 5 nitrogen and oxygen atoms in total. The fourth-order valence-electron chi connectivity index (χ4n) is 6.74. The van der Waals surface area contributed by atoms with Crippen LogP contribution in [0.25, 0.3) is 27.6 Å². The zero-order valence-electron chi connectivity index (χ0n) is 27.6. The van der Waals surface area contributed by atoms with Crippen LogP contribution >= 0.6 is 0 Å². The topological polar surface area (TPSA) is 33.5 Å². The van der Waals surface area contributed by atoms with Gasteiger partial charge in [-0.15, -0.1) is 0 Å². The van der Waals surface area contributed by atoms with Crippen molar-refractivity contribution in [3.05, 3.63) is 144 Å². The summed E-state index contributed by atoms with van der Waals surface area (Å²) in [6, 6.07) is 40.6. The summed E-state index contributed by atoms with van der Waals surface area (Å²) in [5.41, 5.74) is 8.75. The van der Waals surface area contributed by atoms with Crippen molar-refractivity contribution in [2.24, 2.45) is 0 Å². The van der Waals surface area contributed by atoms with Gasteiger partial charge >= 0.3 is 0 Å². The predicted octanol–water partition coefficient (Wildman–Crippen LogP) is 11.6. The zero-order valence-corrected chi connectivity index (χ0v) is 27.6. The molecule has 0 fully saturated rings. The average molecular weight is 633 g/mol. The Morgan fingerprint density at radius 1 is 0.604 bits per heavy atom. The van der Waals surface area contributed by atoms with E-state index in [4.69, 9.17) is 9.72 Å². The number of halogens is 1. The summed E-state index contributed by atoms with van der Waals surface area (Å²) in [6.45, 7) is 9.42. The first-order chi connectivity index (χ1) is 23.3. The molecule has 3 heterocycles. The number of pyridine rings is 1. The van der Waals surface area contributed by atoms with Gasteiger partial charge in [0.05, 0.1) is 22.4 Å². The number of nitrogens with zero attached hydrogens (tertiary/aromatic N) is 4. The van der Waals surface area contributed by atoms with E-state index in [9.17, 15) is 4.39 Å². The van der Waals surface area contributed by atoms with Crippen LogP contribution in [0.2, 0.25) is 0 Å². The molecule has 0 bridgehead atoms. The molecule has 0 amide bonds. The van der Waals surface area contributed by atoms with Crippen LogP contribution in [0, 0.1) is 5.82 Å². The zero-order chi connectivity index (χ0) is 32.9. The molecule has 1 aliphatic heterocycles. The highest BCUT2D eigenvalue weighted by Gasteiger charge is 2.28. The van der Waals surface area contributed by atoms with Crippen molar-refractivity contribution in [2.75, 3.05) is 16.5 Å². The minimum absolute atomic E-state index is 0.242. The Bertz CT molecular complexity index is 2290. The third-order valence-electron chi connectivity index (χ3n) is 9.32. The van der Waals surface area contributed by atoms with Crippen LogP contribution in [-0.4, -0.2) is 16.2 Å². The fourth-order valence-corrected chi connectivity index (χ4v) is 6.74. The van der Waals surface area contributed by atoms with Crippen molar-refractivity contribution in [3.8, 4) is 17.3 Å². The van der Waals surface area contributed by atoms with Crippen LogP contribution in [0.4, 0.5) is 27.1 Å². The summed E-state index contributed by atoms with van der Waals surface area (Å²) in [4.78, 5) is 9.32. The number of para-hydroxylation sites is 3. The third-order valence-corrected chi connectivity index (χ3v) is 9.32. The summed E-state index contributed by atoms with van der Waals surface area (Å²) in [7, 11) is 0. The maximum absolute atomic E-state index is 13.8. The molecule has 0 spiro atoms. The molecular weight excluding hydrogens is 595 g/mol. The normalized spacial score (nSPS) is 12.9. The number of benzene rings is 5. The fraction of sp³-hybridized carbons (Fsp3) is 0.167. The van der Waals surface area contributed by atoms with Crippen LogP contribution in [0.15, 0.2) is 128 Å². The average Bonchev–Trinajstić information content (AvgIpc) is 3.65. The number of rotatable bonds is 7. The first kappa shape index (κ1) is 29.8. The van der Waals surface area contributed by atoms with Gasteiger partial charge in [0.1, 0.15) is 29.8 Å². The van der Waals surface area contributed by atoms with Gasteiger partial charge in [-0.1, -0.05) is 58.0 Å². The van der Waals surface area contributed by atoms with E-state index >= 15 is 0 Å². The van der Waals surface area contributed by atoms with Gasteiger partial charge in [-0.25, -0.2) is 9.37 Å². The lowest BCUT2D eigenvalue weighted by Crippen LogP contribution is -2.24. The van der Waals surface area contributed by atoms with Crippen LogP contribution in [0.5, 0.6) is 11.5 Å². The number of hydrogen-bond donors (Lipinski definition) is 0. The molecule has 0 radical (unpaired) electrons. The SMILES string of the molecule is CC(C)c1cc(Oc2ccc3c4ccccc4n(-c4cc(C(C)C)ccn4)c3c2)cc(N2CN(c3ccc(F)cc3)c3ccccc32)c1. The van der Waals surface area contributed by atoms with Crippen LogP contribution in [-0.2, 0) is 0 Å². The van der Waals surface area contributed by atoms with E-state index in [0.717, 1.165) is 56.5 Å². The molecule has 0 N–H and O–H groups in total. The maximum Gasteiger partial charge on any atom is 0.137 e. The maximum atomic E-state index is 13.8. The van der Waals surface area contributed by atoms with Gasteiger partial charge in [-0.3, -0.25) is 4.57 Å². The van der Waals surface area contributed by atoms with Crippen LogP contribution < -0.4 is 14.5 Å². The first-order valence-electron chi connectivity index (χ1n) is 16.6. The second-order valence-electron chi connectivity index (χ2n) is 13.1. The Hall–Kier alpha value is -5.62. The van der Waals surface area contributed by atoms with E-state index in [1.807, 2.05) is 24.4 Å². The quantitative estimate of drug-likeness (QED) is 0.175. The summed E-state index contributed by atoms with van der Waals surface area (Å²) in [5, 5.41) is 2.33. The lowest BCUT2D eigenvalue weighted by molar-refractivity contribution is 0.482. The molecular formula is C42H37FN4O. The lowest BCUT2D eigenvalue weighted by atomic mass is 10.0. The highest BCUT2D eigenvalue weighted by Crippen LogP contribution is 2.46. The number of anilines is 4. The van der Waals surface area contributed by atoms with Crippen molar-refractivity contribution in [1.29, 1.82) is 0 Å². The predicted molar refractivity (Wildman–Crippen MR) is 195 cm³/mol. The largest absolute Gasteiger partial charge is 0.457 e. The molecule has 48 heavy (non-hydrogen) atoms. The Morgan fingerprint density at radius 2 is 1.29 bits per heavy atom. The van der Waals surface area contributed by atoms with E-state index in [1.165, 1.54) is 28.6 Å². The van der Waals surface area contributed by atoms with Gasteiger partial charge in [-0.2, -0.15) is 0 Å². The molecule has 238 valence electrons. The Labute approximate surface area is 280 Å². The van der Waals surface area contributed by atoms with Crippen LogP contribution in [0.3, 0.4) is 0 Å². The number of aromatic nitrogens is 2. The van der Waals surface area contributed by atoms with Gasteiger partial charge in [-0.05, 0) is 102 Å². The minimum Gasteiger partial charge on any atom is -0.457 e. The minimum atomic E-state index is -0.242. The van der Waals surface area contributed by atoms with Gasteiger partial charge in [0.2, 0.25) is 0 Å². The second kappa shape index (κ2) is 11.9. The summed E-state index contributed by atoms with van der Waals surface area (Å²) in [6.07, 6.45) is 1.90. The number of ether oxygens (including phenoxy) is 1. The highest BCUT2D eigenvalue weighted by atomic mass is 19.1. The van der Waals surface area contributed by atoms with E-state index in [-0.39, 0.29) is 5.82 Å². The Kier molecular flexibility index (Phi) is 7.36. The molecule has 7 aromatic rings. The van der Waals surface area contributed by atoms with Gasteiger partial charge in [0.15, 0.2) is 0 Å². The molecule has 5 aromatic carbocycles. The van der Waals surface area contributed by atoms with Crippen molar-refractivity contribution < 1.29 is 9.13 Å². The van der Waals surface area contributed by atoms with E-state index < -0.39 is 0 Å². The lowest BCUT2D eigenvalue weighted by Gasteiger charge is -2.24. The van der Waals surface area contributed by atoms with Crippen molar-refractivity contribution in [1.82, 2.24) is 9.55 Å². The molecule has 2 aromatic heterocycles. The smallest absolute Gasteiger partial charge is 0.137 e. The molecule has 0 saturated carbocycles. The highest BCUT2D eigenvalue weighted by molar-refractivity contribution is 6.09. The molecule has 8 rings (SSSR count). The Morgan fingerprint density at radius 3 is 2.04 bits per heavy atom. The van der Waals surface area contributed by atoms with Crippen molar-refractivity contribution >= 4 is 44.6 Å². The summed E-state index contributed by atoms with van der Waals surface area (Å²) < 4.78 is 22.8. The van der Waals surface area contributed by atoms with E-state index in [0.29, 0.717) is 18.5 Å². The number of fused-ring (bicyclic) bond motifs is 4. The van der Waals surface area contributed by atoms with Gasteiger partial charge in [0.25, 0.3) is 0 Å².